The van der Waals surface area contributed by atoms with Crippen molar-refractivity contribution in [2.75, 3.05) is 18.4 Å². The van der Waals surface area contributed by atoms with E-state index in [0.717, 1.165) is 55.2 Å². The fourth-order valence-electron chi connectivity index (χ4n) is 4.44. The van der Waals surface area contributed by atoms with E-state index in [1.165, 1.54) is 11.1 Å². The molecule has 0 aliphatic carbocycles. The smallest absolute Gasteiger partial charge is 0.272 e. The average Bonchev–Trinajstić information content (AvgIpc) is 3.40. The SMILES string of the molecule is O=C(Nc1cc(F)cc(F)c1)c1cc2cc(C3CCN(Cc4ccccc4)C3)ccc2[nH]1. The fraction of sp³-hybridized carbons (Fsp3) is 0.192. The van der Waals surface area contributed by atoms with Gasteiger partial charge in [0.25, 0.3) is 5.91 Å². The second kappa shape index (κ2) is 8.55. The largest absolute Gasteiger partial charge is 0.351 e. The number of halogens is 2. The maximum Gasteiger partial charge on any atom is 0.272 e. The quantitative estimate of drug-likeness (QED) is 0.427. The molecule has 0 bridgehead atoms. The van der Waals surface area contributed by atoms with Gasteiger partial charge in [0, 0.05) is 35.7 Å². The molecule has 0 saturated carbocycles. The van der Waals surface area contributed by atoms with Crippen molar-refractivity contribution in [3.05, 3.63) is 101 Å². The Bertz CT molecular complexity index is 1250. The molecule has 4 nitrogen and oxygen atoms in total. The minimum absolute atomic E-state index is 0.0799. The Labute approximate surface area is 184 Å². The van der Waals surface area contributed by atoms with E-state index >= 15 is 0 Å². The monoisotopic (exact) mass is 431 g/mol. The molecule has 1 atom stereocenters. The van der Waals surface area contributed by atoms with Gasteiger partial charge in [-0.2, -0.15) is 0 Å². The third kappa shape index (κ3) is 4.41. The van der Waals surface area contributed by atoms with Crippen molar-refractivity contribution in [1.82, 2.24) is 9.88 Å². The van der Waals surface area contributed by atoms with Crippen LogP contribution in [0, 0.1) is 11.6 Å². The van der Waals surface area contributed by atoms with Crippen LogP contribution >= 0.6 is 0 Å². The molecule has 162 valence electrons. The molecule has 1 unspecified atom stereocenters. The van der Waals surface area contributed by atoms with Gasteiger partial charge in [-0.05, 0) is 60.3 Å². The van der Waals surface area contributed by atoms with Gasteiger partial charge in [0.05, 0.1) is 0 Å². The molecular weight excluding hydrogens is 408 g/mol. The molecule has 1 aromatic heterocycles. The van der Waals surface area contributed by atoms with Gasteiger partial charge >= 0.3 is 0 Å². The summed E-state index contributed by atoms with van der Waals surface area (Å²) in [6, 6.07) is 21.4. The lowest BCUT2D eigenvalue weighted by molar-refractivity contribution is 0.102. The zero-order valence-electron chi connectivity index (χ0n) is 17.4. The molecule has 1 fully saturated rings. The number of anilines is 1. The van der Waals surface area contributed by atoms with Crippen LogP contribution in [0.4, 0.5) is 14.5 Å². The zero-order chi connectivity index (χ0) is 22.1. The van der Waals surface area contributed by atoms with Gasteiger partial charge in [0.2, 0.25) is 0 Å². The van der Waals surface area contributed by atoms with E-state index in [9.17, 15) is 13.6 Å². The molecule has 4 aromatic rings. The van der Waals surface area contributed by atoms with Crippen LogP contribution in [0.5, 0.6) is 0 Å². The number of rotatable bonds is 5. The number of hydrogen-bond acceptors (Lipinski definition) is 2. The lowest BCUT2D eigenvalue weighted by Crippen LogP contribution is -2.19. The van der Waals surface area contributed by atoms with Crippen LogP contribution in [-0.4, -0.2) is 28.9 Å². The fourth-order valence-corrected chi connectivity index (χ4v) is 4.44. The Hall–Kier alpha value is -3.51. The molecule has 2 N–H and O–H groups in total. The number of carbonyl (C=O) groups is 1. The van der Waals surface area contributed by atoms with Gasteiger partial charge in [0.1, 0.15) is 17.3 Å². The minimum atomic E-state index is -0.737. The first-order valence-electron chi connectivity index (χ1n) is 10.7. The van der Waals surface area contributed by atoms with Gasteiger partial charge in [-0.25, -0.2) is 8.78 Å². The predicted molar refractivity (Wildman–Crippen MR) is 122 cm³/mol. The Morgan fingerprint density at radius 2 is 1.78 bits per heavy atom. The van der Waals surface area contributed by atoms with Gasteiger partial charge < -0.3 is 10.3 Å². The first kappa shape index (κ1) is 20.4. The highest BCUT2D eigenvalue weighted by molar-refractivity contribution is 6.06. The van der Waals surface area contributed by atoms with Crippen molar-refractivity contribution < 1.29 is 13.6 Å². The number of carbonyl (C=O) groups excluding carboxylic acids is 1. The number of aromatic amines is 1. The van der Waals surface area contributed by atoms with Crippen LogP contribution in [0.2, 0.25) is 0 Å². The third-order valence-electron chi connectivity index (χ3n) is 6.00. The summed E-state index contributed by atoms with van der Waals surface area (Å²) in [5, 5.41) is 3.49. The first-order chi connectivity index (χ1) is 15.5. The van der Waals surface area contributed by atoms with Crippen molar-refractivity contribution in [3.63, 3.8) is 0 Å². The lowest BCUT2D eigenvalue weighted by atomic mass is 9.97. The molecule has 0 spiro atoms. The summed E-state index contributed by atoms with van der Waals surface area (Å²) in [6.45, 7) is 3.01. The number of hydrogen-bond donors (Lipinski definition) is 2. The summed E-state index contributed by atoms with van der Waals surface area (Å²) >= 11 is 0. The molecule has 1 aliphatic rings. The molecule has 3 aromatic carbocycles. The van der Waals surface area contributed by atoms with E-state index in [4.69, 9.17) is 0 Å². The van der Waals surface area contributed by atoms with Crippen LogP contribution in [0.1, 0.15) is 34.0 Å². The van der Waals surface area contributed by atoms with E-state index in [1.807, 2.05) is 12.1 Å². The standard InChI is InChI=1S/C26H23F2N3O/c27-21-12-22(28)14-23(13-21)29-26(32)25-11-20-10-18(6-7-24(20)30-25)19-8-9-31(16-19)15-17-4-2-1-3-5-17/h1-7,10-14,19,30H,8-9,15-16H2,(H,29,32). The molecular formula is C26H23F2N3O. The van der Waals surface area contributed by atoms with E-state index in [1.54, 1.807) is 6.07 Å². The molecule has 0 radical (unpaired) electrons. The van der Waals surface area contributed by atoms with Crippen molar-refractivity contribution in [3.8, 4) is 0 Å². The molecule has 1 amide bonds. The predicted octanol–water partition coefficient (Wildman–Crippen LogP) is 5.69. The number of likely N-dealkylation sites (tertiary alicyclic amines) is 1. The Kier molecular flexibility index (Phi) is 5.45. The molecule has 32 heavy (non-hydrogen) atoms. The van der Waals surface area contributed by atoms with Crippen molar-refractivity contribution in [2.45, 2.75) is 18.9 Å². The minimum Gasteiger partial charge on any atom is -0.351 e. The first-order valence-corrected chi connectivity index (χ1v) is 10.7. The van der Waals surface area contributed by atoms with E-state index in [0.29, 0.717) is 11.6 Å². The van der Waals surface area contributed by atoms with Crippen LogP contribution < -0.4 is 5.32 Å². The summed E-state index contributed by atoms with van der Waals surface area (Å²) in [5.41, 5.74) is 3.85. The number of H-pyrrole nitrogens is 1. The van der Waals surface area contributed by atoms with Crippen molar-refractivity contribution in [2.24, 2.45) is 0 Å². The molecule has 6 heteroatoms. The van der Waals surface area contributed by atoms with E-state index in [-0.39, 0.29) is 5.69 Å². The third-order valence-corrected chi connectivity index (χ3v) is 6.00. The highest BCUT2D eigenvalue weighted by atomic mass is 19.1. The van der Waals surface area contributed by atoms with Crippen LogP contribution in [0.15, 0.2) is 72.8 Å². The Morgan fingerprint density at radius 3 is 2.56 bits per heavy atom. The number of nitrogens with one attached hydrogen (secondary N) is 2. The van der Waals surface area contributed by atoms with Gasteiger partial charge in [-0.3, -0.25) is 9.69 Å². The zero-order valence-corrected chi connectivity index (χ0v) is 17.4. The molecule has 1 saturated heterocycles. The lowest BCUT2D eigenvalue weighted by Gasteiger charge is -2.16. The number of benzene rings is 3. The maximum absolute atomic E-state index is 13.4. The highest BCUT2D eigenvalue weighted by Crippen LogP contribution is 2.30. The molecule has 5 rings (SSSR count). The normalized spacial score (nSPS) is 16.5. The van der Waals surface area contributed by atoms with Crippen molar-refractivity contribution in [1.29, 1.82) is 0 Å². The summed E-state index contributed by atoms with van der Waals surface area (Å²) in [6.07, 6.45) is 1.10. The van der Waals surface area contributed by atoms with Gasteiger partial charge in [0.15, 0.2) is 0 Å². The van der Waals surface area contributed by atoms with Gasteiger partial charge in [-0.15, -0.1) is 0 Å². The van der Waals surface area contributed by atoms with Crippen LogP contribution in [0.25, 0.3) is 10.9 Å². The number of aromatic nitrogens is 1. The maximum atomic E-state index is 13.4. The summed E-state index contributed by atoms with van der Waals surface area (Å²) in [4.78, 5) is 18.1. The van der Waals surface area contributed by atoms with E-state index in [2.05, 4.69) is 51.6 Å². The van der Waals surface area contributed by atoms with E-state index < -0.39 is 17.5 Å². The van der Waals surface area contributed by atoms with Gasteiger partial charge in [-0.1, -0.05) is 36.4 Å². The summed E-state index contributed by atoms with van der Waals surface area (Å²) < 4.78 is 26.8. The summed E-state index contributed by atoms with van der Waals surface area (Å²) in [5.74, 6) is -1.47. The molecule has 2 heterocycles. The van der Waals surface area contributed by atoms with Crippen molar-refractivity contribution >= 4 is 22.5 Å². The number of fused-ring (bicyclic) bond motifs is 1. The van der Waals surface area contributed by atoms with Crippen LogP contribution in [-0.2, 0) is 6.54 Å². The highest BCUT2D eigenvalue weighted by Gasteiger charge is 2.24. The Balaban J connectivity index is 1.29. The topological polar surface area (TPSA) is 48.1 Å². The average molecular weight is 431 g/mol. The second-order valence-corrected chi connectivity index (χ2v) is 8.35. The second-order valence-electron chi connectivity index (χ2n) is 8.35. The van der Waals surface area contributed by atoms with Crippen LogP contribution in [0.3, 0.4) is 0 Å². The number of amides is 1. The Morgan fingerprint density at radius 1 is 1.00 bits per heavy atom. The summed E-state index contributed by atoms with van der Waals surface area (Å²) in [7, 11) is 0. The molecule has 1 aliphatic heterocycles. The number of nitrogens with zero attached hydrogens (tertiary/aromatic N) is 1.